The minimum Gasteiger partial charge on any atom is -0.493 e. The minimum absolute atomic E-state index is 0.0410. The number of hydrogen-bond donors (Lipinski definition) is 0. The Balaban J connectivity index is 1.59. The molecule has 0 saturated heterocycles. The number of nitro groups is 2. The lowest BCUT2D eigenvalue weighted by molar-refractivity contribution is -0.385. The Bertz CT molecular complexity index is 1490. The largest absolute Gasteiger partial charge is 0.493 e. The zero-order valence-corrected chi connectivity index (χ0v) is 20.4. The lowest BCUT2D eigenvalue weighted by Gasteiger charge is -2.13. The van der Waals surface area contributed by atoms with Crippen LogP contribution in [0.3, 0.4) is 0 Å². The summed E-state index contributed by atoms with van der Waals surface area (Å²) >= 11 is 12.5. The van der Waals surface area contributed by atoms with Crippen LogP contribution in [0.2, 0.25) is 10.0 Å². The summed E-state index contributed by atoms with van der Waals surface area (Å²) in [6.45, 7) is 0.0679. The average molecular weight is 544 g/mol. The predicted octanol–water partition coefficient (Wildman–Crippen LogP) is 5.74. The van der Waals surface area contributed by atoms with E-state index in [1.54, 1.807) is 18.2 Å². The number of halogens is 2. The van der Waals surface area contributed by atoms with Gasteiger partial charge in [-0.1, -0.05) is 23.2 Å². The van der Waals surface area contributed by atoms with Crippen molar-refractivity contribution in [1.82, 2.24) is 0 Å². The summed E-state index contributed by atoms with van der Waals surface area (Å²) in [5.41, 5.74) is 0.836. The van der Waals surface area contributed by atoms with Crippen LogP contribution in [0, 0.1) is 20.2 Å². The van der Waals surface area contributed by atoms with Gasteiger partial charge in [0.05, 0.1) is 32.6 Å². The van der Waals surface area contributed by atoms with E-state index >= 15 is 0 Å². The molecule has 0 amide bonds. The molecular formula is C24H15Cl2N3O8. The second-order valence-corrected chi connectivity index (χ2v) is 8.32. The first-order valence-electron chi connectivity index (χ1n) is 10.4. The topological polar surface area (TPSA) is 143 Å². The van der Waals surface area contributed by atoms with E-state index in [2.05, 4.69) is 4.99 Å². The van der Waals surface area contributed by atoms with Gasteiger partial charge in [-0.2, -0.15) is 0 Å². The third kappa shape index (κ3) is 5.68. The summed E-state index contributed by atoms with van der Waals surface area (Å²) < 4.78 is 16.3. The van der Waals surface area contributed by atoms with Crippen molar-refractivity contribution in [2.75, 3.05) is 7.11 Å². The first-order valence-corrected chi connectivity index (χ1v) is 11.1. The number of rotatable bonds is 8. The molecule has 0 N–H and O–H groups in total. The van der Waals surface area contributed by atoms with Gasteiger partial charge >= 0.3 is 5.97 Å². The number of cyclic esters (lactones) is 1. The molecule has 3 aromatic rings. The lowest BCUT2D eigenvalue weighted by Crippen LogP contribution is -2.06. The van der Waals surface area contributed by atoms with Crippen molar-refractivity contribution in [1.29, 1.82) is 0 Å². The highest BCUT2D eigenvalue weighted by Crippen LogP contribution is 2.38. The molecular weight excluding hydrogens is 529 g/mol. The van der Waals surface area contributed by atoms with Crippen LogP contribution in [0.4, 0.5) is 11.4 Å². The molecule has 0 unspecified atom stereocenters. The van der Waals surface area contributed by atoms with E-state index in [0.29, 0.717) is 11.1 Å². The van der Waals surface area contributed by atoms with Gasteiger partial charge in [-0.3, -0.25) is 20.2 Å². The van der Waals surface area contributed by atoms with Crippen molar-refractivity contribution in [3.8, 4) is 11.5 Å². The molecule has 1 aliphatic rings. The zero-order chi connectivity index (χ0) is 26.7. The maximum atomic E-state index is 12.4. The second-order valence-electron chi connectivity index (χ2n) is 7.50. The lowest BCUT2D eigenvalue weighted by atomic mass is 10.1. The van der Waals surface area contributed by atoms with Crippen LogP contribution in [0.15, 0.2) is 65.3 Å². The van der Waals surface area contributed by atoms with Gasteiger partial charge in [0.2, 0.25) is 5.90 Å². The molecule has 11 nitrogen and oxygen atoms in total. The zero-order valence-electron chi connectivity index (χ0n) is 18.8. The van der Waals surface area contributed by atoms with Crippen LogP contribution in [0.5, 0.6) is 11.5 Å². The summed E-state index contributed by atoms with van der Waals surface area (Å²) in [7, 11) is 1.41. The van der Waals surface area contributed by atoms with E-state index in [1.807, 2.05) is 0 Å². The van der Waals surface area contributed by atoms with Crippen LogP contribution in [-0.2, 0) is 16.1 Å². The standard InChI is InChI=1S/C24H15Cl2N3O8/c1-35-21-10-14(8-19(26)22(21)36-12-13-2-4-15(5-3-13)28(31)32)9-20-24(30)37-23(27-20)17-11-16(29(33)34)6-7-18(17)25/h2-11H,12H2,1H3/b20-9-. The van der Waals surface area contributed by atoms with Gasteiger partial charge in [0.1, 0.15) is 6.61 Å². The van der Waals surface area contributed by atoms with Crippen LogP contribution < -0.4 is 9.47 Å². The number of carbonyl (C=O) groups is 1. The Morgan fingerprint density at radius 3 is 2.30 bits per heavy atom. The van der Waals surface area contributed by atoms with E-state index in [9.17, 15) is 25.0 Å². The monoisotopic (exact) mass is 543 g/mol. The molecule has 1 aliphatic heterocycles. The van der Waals surface area contributed by atoms with Crippen LogP contribution >= 0.6 is 23.2 Å². The van der Waals surface area contributed by atoms with Crippen molar-refractivity contribution in [2.24, 2.45) is 4.99 Å². The molecule has 0 aliphatic carbocycles. The van der Waals surface area contributed by atoms with Crippen molar-refractivity contribution in [3.63, 3.8) is 0 Å². The highest BCUT2D eigenvalue weighted by atomic mass is 35.5. The summed E-state index contributed by atoms with van der Waals surface area (Å²) in [5.74, 6) is -0.470. The predicted molar refractivity (Wildman–Crippen MR) is 134 cm³/mol. The maximum Gasteiger partial charge on any atom is 0.363 e. The van der Waals surface area contributed by atoms with Gasteiger partial charge in [0.25, 0.3) is 11.4 Å². The van der Waals surface area contributed by atoms with Gasteiger partial charge in [0, 0.05) is 24.3 Å². The molecule has 4 rings (SSSR count). The molecule has 0 atom stereocenters. The van der Waals surface area contributed by atoms with Crippen molar-refractivity contribution >= 4 is 52.5 Å². The number of aliphatic imine (C=N–C) groups is 1. The number of carbonyl (C=O) groups excluding carboxylic acids is 1. The Labute approximate surface area is 218 Å². The van der Waals surface area contributed by atoms with Gasteiger partial charge in [-0.15, -0.1) is 0 Å². The smallest absolute Gasteiger partial charge is 0.363 e. The number of nitrogens with zero attached hydrogens (tertiary/aromatic N) is 3. The molecule has 37 heavy (non-hydrogen) atoms. The number of esters is 1. The molecule has 0 aromatic heterocycles. The SMILES string of the molecule is COc1cc(/C=C2\N=C(c3cc([N+](=O)[O-])ccc3Cl)OC2=O)cc(Cl)c1OCc1ccc([N+](=O)[O-])cc1. The third-order valence-electron chi connectivity index (χ3n) is 5.10. The summed E-state index contributed by atoms with van der Waals surface area (Å²) in [6, 6.07) is 12.6. The molecule has 188 valence electrons. The van der Waals surface area contributed by atoms with Gasteiger partial charge in [-0.05, 0) is 47.5 Å². The Morgan fingerprint density at radius 1 is 0.973 bits per heavy atom. The molecule has 1 heterocycles. The van der Waals surface area contributed by atoms with Crippen LogP contribution in [0.25, 0.3) is 6.08 Å². The van der Waals surface area contributed by atoms with Gasteiger partial charge in [0.15, 0.2) is 17.2 Å². The summed E-state index contributed by atoms with van der Waals surface area (Å²) in [4.78, 5) is 37.3. The van der Waals surface area contributed by atoms with E-state index < -0.39 is 15.8 Å². The first-order chi connectivity index (χ1) is 17.7. The molecule has 0 radical (unpaired) electrons. The van der Waals surface area contributed by atoms with Gasteiger partial charge in [-0.25, -0.2) is 9.79 Å². The maximum absolute atomic E-state index is 12.4. The van der Waals surface area contributed by atoms with Crippen molar-refractivity contribution < 1.29 is 28.9 Å². The number of methoxy groups -OCH3 is 1. The van der Waals surface area contributed by atoms with Crippen LogP contribution in [-0.4, -0.2) is 28.8 Å². The number of ether oxygens (including phenoxy) is 3. The summed E-state index contributed by atoms with van der Waals surface area (Å²) in [6.07, 6.45) is 1.40. The number of non-ortho nitro benzene ring substituents is 2. The highest BCUT2D eigenvalue weighted by Gasteiger charge is 2.27. The van der Waals surface area contributed by atoms with Gasteiger partial charge < -0.3 is 14.2 Å². The van der Waals surface area contributed by atoms with Crippen LogP contribution in [0.1, 0.15) is 16.7 Å². The molecule has 3 aromatic carbocycles. The number of benzene rings is 3. The molecule has 0 bridgehead atoms. The first kappa shape index (κ1) is 25.6. The van der Waals surface area contributed by atoms with E-state index in [4.69, 9.17) is 37.4 Å². The van der Waals surface area contributed by atoms with E-state index in [0.717, 1.165) is 6.07 Å². The number of nitro benzene ring substituents is 2. The molecule has 0 fully saturated rings. The van der Waals surface area contributed by atoms with Crippen molar-refractivity contribution in [2.45, 2.75) is 6.61 Å². The fourth-order valence-electron chi connectivity index (χ4n) is 3.31. The third-order valence-corrected chi connectivity index (χ3v) is 5.71. The fraction of sp³-hybridized carbons (Fsp3) is 0.0833. The normalized spacial score (nSPS) is 13.8. The highest BCUT2D eigenvalue weighted by molar-refractivity contribution is 6.34. The Hall–Kier alpha value is -4.48. The summed E-state index contributed by atoms with van der Waals surface area (Å²) in [5, 5.41) is 22.2. The van der Waals surface area contributed by atoms with Crippen molar-refractivity contribution in [3.05, 3.63) is 107 Å². The Kier molecular flexibility index (Phi) is 7.37. The fourth-order valence-corrected chi connectivity index (χ4v) is 3.78. The second kappa shape index (κ2) is 10.6. The molecule has 13 heteroatoms. The minimum atomic E-state index is -0.786. The van der Waals surface area contributed by atoms with E-state index in [1.165, 1.54) is 43.5 Å². The molecule has 0 saturated carbocycles. The Morgan fingerprint density at radius 2 is 1.65 bits per heavy atom. The van der Waals surface area contributed by atoms with E-state index in [-0.39, 0.29) is 56.7 Å². The number of hydrogen-bond acceptors (Lipinski definition) is 9. The quantitative estimate of drug-likeness (QED) is 0.151. The molecule has 0 spiro atoms. The average Bonchev–Trinajstić information content (AvgIpc) is 3.23.